The summed E-state index contributed by atoms with van der Waals surface area (Å²) >= 11 is 5.88. The number of hydrogen-bond acceptors (Lipinski definition) is 4. The van der Waals surface area contributed by atoms with Crippen LogP contribution in [0.3, 0.4) is 0 Å². The van der Waals surface area contributed by atoms with E-state index in [1.807, 2.05) is 0 Å². The lowest BCUT2D eigenvalue weighted by atomic mass is 10.1. The second-order valence-electron chi connectivity index (χ2n) is 7.62. The van der Waals surface area contributed by atoms with Gasteiger partial charge in [0.15, 0.2) is 0 Å². The minimum atomic E-state index is -0.582. The Labute approximate surface area is 185 Å². The predicted octanol–water partition coefficient (Wildman–Crippen LogP) is 7.16. The third-order valence-corrected chi connectivity index (χ3v) is 5.34. The minimum absolute atomic E-state index is 0.0398. The fraction of sp³-hybridized carbons (Fsp3) is 0.667. The summed E-state index contributed by atoms with van der Waals surface area (Å²) in [6.07, 6.45) is 13.5. The quantitative estimate of drug-likeness (QED) is 0.190. The van der Waals surface area contributed by atoms with Gasteiger partial charge in [-0.3, -0.25) is 9.59 Å². The molecule has 0 N–H and O–H groups in total. The van der Waals surface area contributed by atoms with Crippen molar-refractivity contribution in [3.63, 3.8) is 0 Å². The zero-order valence-electron chi connectivity index (χ0n) is 18.2. The standard InChI is InChI=1S/C24H36ClFO4/c1-2-3-4-5-6-7-8-9-10-11-12-18-29-23(27)16-17-24(28)30-19-20-21(25)14-13-15-22(20)26/h13-15H,2-12,16-19H2,1H3. The highest BCUT2D eigenvalue weighted by Crippen LogP contribution is 2.20. The average molecular weight is 443 g/mol. The van der Waals surface area contributed by atoms with Crippen molar-refractivity contribution in [2.75, 3.05) is 6.61 Å². The van der Waals surface area contributed by atoms with Gasteiger partial charge in [-0.25, -0.2) is 4.39 Å². The van der Waals surface area contributed by atoms with Crippen molar-refractivity contribution in [1.29, 1.82) is 0 Å². The largest absolute Gasteiger partial charge is 0.466 e. The van der Waals surface area contributed by atoms with Crippen LogP contribution < -0.4 is 0 Å². The first kappa shape index (κ1) is 26.4. The third-order valence-electron chi connectivity index (χ3n) is 4.98. The lowest BCUT2D eigenvalue weighted by molar-refractivity contribution is -0.151. The van der Waals surface area contributed by atoms with Crippen molar-refractivity contribution in [3.05, 3.63) is 34.6 Å². The van der Waals surface area contributed by atoms with Crippen LogP contribution in [0.2, 0.25) is 5.02 Å². The van der Waals surface area contributed by atoms with Gasteiger partial charge in [0.25, 0.3) is 0 Å². The Bertz CT molecular complexity index is 601. The number of unbranched alkanes of at least 4 members (excludes halogenated alkanes) is 10. The lowest BCUT2D eigenvalue weighted by Gasteiger charge is -2.08. The fourth-order valence-electron chi connectivity index (χ4n) is 3.12. The molecular weight excluding hydrogens is 407 g/mol. The summed E-state index contributed by atoms with van der Waals surface area (Å²) in [5.41, 5.74) is 0.131. The molecule has 0 aliphatic rings. The van der Waals surface area contributed by atoms with Gasteiger partial charge in [-0.2, -0.15) is 0 Å². The fourth-order valence-corrected chi connectivity index (χ4v) is 3.34. The van der Waals surface area contributed by atoms with Gasteiger partial charge < -0.3 is 9.47 Å². The molecule has 0 aliphatic heterocycles. The molecule has 0 aliphatic carbocycles. The van der Waals surface area contributed by atoms with Crippen molar-refractivity contribution in [2.24, 2.45) is 0 Å². The van der Waals surface area contributed by atoms with Gasteiger partial charge in [0.2, 0.25) is 0 Å². The van der Waals surface area contributed by atoms with Crippen LogP contribution in [0.1, 0.15) is 96.0 Å². The smallest absolute Gasteiger partial charge is 0.306 e. The zero-order valence-corrected chi connectivity index (χ0v) is 19.0. The van der Waals surface area contributed by atoms with E-state index in [4.69, 9.17) is 21.1 Å². The molecule has 1 aromatic carbocycles. The molecular formula is C24H36ClFO4. The first-order valence-electron chi connectivity index (χ1n) is 11.3. The molecule has 0 heterocycles. The Hall–Kier alpha value is -1.62. The Morgan fingerprint density at radius 2 is 1.37 bits per heavy atom. The molecule has 0 atom stereocenters. The maximum Gasteiger partial charge on any atom is 0.306 e. The van der Waals surface area contributed by atoms with Crippen LogP contribution in [0.25, 0.3) is 0 Å². The topological polar surface area (TPSA) is 52.6 Å². The van der Waals surface area contributed by atoms with E-state index in [2.05, 4.69) is 6.92 Å². The number of halogens is 2. The number of benzene rings is 1. The van der Waals surface area contributed by atoms with Gasteiger partial charge in [-0.1, -0.05) is 88.8 Å². The van der Waals surface area contributed by atoms with E-state index in [-0.39, 0.29) is 30.0 Å². The van der Waals surface area contributed by atoms with E-state index >= 15 is 0 Å². The second-order valence-corrected chi connectivity index (χ2v) is 8.02. The van der Waals surface area contributed by atoms with Crippen LogP contribution in [-0.2, 0) is 25.7 Å². The van der Waals surface area contributed by atoms with Gasteiger partial charge in [-0.15, -0.1) is 0 Å². The van der Waals surface area contributed by atoms with Crippen molar-refractivity contribution < 1.29 is 23.5 Å². The molecule has 6 heteroatoms. The summed E-state index contributed by atoms with van der Waals surface area (Å²) in [4.78, 5) is 23.4. The SMILES string of the molecule is CCCCCCCCCCCCCOC(=O)CCC(=O)OCc1c(F)cccc1Cl. The monoisotopic (exact) mass is 442 g/mol. The van der Waals surface area contributed by atoms with E-state index in [1.54, 1.807) is 0 Å². The first-order chi connectivity index (χ1) is 14.5. The zero-order chi connectivity index (χ0) is 22.0. The molecule has 0 unspecified atom stereocenters. The van der Waals surface area contributed by atoms with Crippen molar-refractivity contribution in [3.8, 4) is 0 Å². The molecule has 0 amide bonds. The van der Waals surface area contributed by atoms with Gasteiger partial charge in [0.05, 0.1) is 24.5 Å². The Kier molecular flexibility index (Phi) is 15.1. The highest BCUT2D eigenvalue weighted by Gasteiger charge is 2.12. The van der Waals surface area contributed by atoms with Crippen LogP contribution in [0, 0.1) is 5.82 Å². The van der Waals surface area contributed by atoms with Crippen LogP contribution in [0.5, 0.6) is 0 Å². The lowest BCUT2D eigenvalue weighted by Crippen LogP contribution is -2.11. The molecule has 0 saturated carbocycles. The third kappa shape index (κ3) is 12.8. The predicted molar refractivity (Wildman–Crippen MR) is 118 cm³/mol. The summed E-state index contributed by atoms with van der Waals surface area (Å²) in [5, 5.41) is 0.203. The molecule has 0 fully saturated rings. The highest BCUT2D eigenvalue weighted by atomic mass is 35.5. The van der Waals surface area contributed by atoms with Gasteiger partial charge in [0.1, 0.15) is 12.4 Å². The molecule has 170 valence electrons. The van der Waals surface area contributed by atoms with Crippen molar-refractivity contribution >= 4 is 23.5 Å². The maximum atomic E-state index is 13.6. The summed E-state index contributed by atoms with van der Waals surface area (Å²) in [6, 6.07) is 4.26. The molecule has 0 aromatic heterocycles. The number of carbonyl (C=O) groups excluding carboxylic acids is 2. The van der Waals surface area contributed by atoms with E-state index in [1.165, 1.54) is 69.6 Å². The van der Waals surface area contributed by atoms with Gasteiger partial charge in [0, 0.05) is 5.56 Å². The molecule has 30 heavy (non-hydrogen) atoms. The first-order valence-corrected chi connectivity index (χ1v) is 11.7. The minimum Gasteiger partial charge on any atom is -0.466 e. The van der Waals surface area contributed by atoms with Crippen molar-refractivity contribution in [1.82, 2.24) is 0 Å². The number of hydrogen-bond donors (Lipinski definition) is 0. The molecule has 1 rings (SSSR count). The van der Waals surface area contributed by atoms with Crippen LogP contribution in [-0.4, -0.2) is 18.5 Å². The van der Waals surface area contributed by atoms with Gasteiger partial charge >= 0.3 is 11.9 Å². The molecule has 0 bridgehead atoms. The molecule has 4 nitrogen and oxygen atoms in total. The van der Waals surface area contributed by atoms with E-state index in [0.29, 0.717) is 6.61 Å². The van der Waals surface area contributed by atoms with E-state index < -0.39 is 17.8 Å². The molecule has 0 saturated heterocycles. The van der Waals surface area contributed by atoms with Crippen molar-refractivity contribution in [2.45, 2.75) is 97.0 Å². The van der Waals surface area contributed by atoms with E-state index in [9.17, 15) is 14.0 Å². The molecule has 1 aromatic rings. The van der Waals surface area contributed by atoms with E-state index in [0.717, 1.165) is 19.3 Å². The Morgan fingerprint density at radius 3 is 1.93 bits per heavy atom. The number of rotatable bonds is 17. The summed E-state index contributed by atoms with van der Waals surface area (Å²) in [5.74, 6) is -1.52. The normalized spacial score (nSPS) is 10.8. The maximum absolute atomic E-state index is 13.6. The summed E-state index contributed by atoms with van der Waals surface area (Å²) < 4.78 is 23.7. The van der Waals surface area contributed by atoms with Crippen LogP contribution >= 0.6 is 11.6 Å². The Balaban J connectivity index is 1.96. The summed E-state index contributed by atoms with van der Waals surface area (Å²) in [7, 11) is 0. The second kappa shape index (κ2) is 17.1. The highest BCUT2D eigenvalue weighted by molar-refractivity contribution is 6.31. The van der Waals surface area contributed by atoms with Crippen LogP contribution in [0.15, 0.2) is 18.2 Å². The number of esters is 2. The Morgan fingerprint density at radius 1 is 0.833 bits per heavy atom. The number of carbonyl (C=O) groups is 2. The summed E-state index contributed by atoms with van der Waals surface area (Å²) in [6.45, 7) is 2.37. The molecule has 0 radical (unpaired) electrons. The van der Waals surface area contributed by atoms with Crippen LogP contribution in [0.4, 0.5) is 4.39 Å². The average Bonchev–Trinajstić information content (AvgIpc) is 2.72. The van der Waals surface area contributed by atoms with Gasteiger partial charge in [-0.05, 0) is 18.6 Å². The molecule has 0 spiro atoms. The number of ether oxygens (including phenoxy) is 2.